The average Bonchev–Trinajstić information content (AvgIpc) is 2.48. The molecular formula is C16H14BrNO3. The van der Waals surface area contributed by atoms with Gasteiger partial charge in [0, 0.05) is 10.0 Å². The van der Waals surface area contributed by atoms with E-state index in [1.807, 2.05) is 31.2 Å². The van der Waals surface area contributed by atoms with Crippen molar-refractivity contribution in [3.05, 3.63) is 63.6 Å². The molecule has 0 saturated heterocycles. The van der Waals surface area contributed by atoms with Crippen LogP contribution in [0.15, 0.2) is 52.1 Å². The van der Waals surface area contributed by atoms with E-state index in [1.165, 1.54) is 6.21 Å². The highest BCUT2D eigenvalue weighted by atomic mass is 79.9. The summed E-state index contributed by atoms with van der Waals surface area (Å²) >= 11 is 3.36. The normalized spacial score (nSPS) is 10.6. The molecule has 0 atom stereocenters. The summed E-state index contributed by atoms with van der Waals surface area (Å²) in [6.07, 6.45) is 1.44. The number of methoxy groups -OCH3 is 1. The topological polar surface area (TPSA) is 47.9 Å². The molecule has 0 aliphatic rings. The Labute approximate surface area is 131 Å². The number of nitrogens with zero attached hydrogens (tertiary/aromatic N) is 1. The molecule has 0 amide bonds. The summed E-state index contributed by atoms with van der Waals surface area (Å²) in [5.41, 5.74) is 2.25. The highest BCUT2D eigenvalue weighted by Gasteiger charge is 2.06. The Morgan fingerprint density at radius 1 is 1.19 bits per heavy atom. The molecule has 0 heterocycles. The molecule has 0 saturated carbocycles. The third-order valence-corrected chi connectivity index (χ3v) is 3.30. The fraction of sp³-hybridized carbons (Fsp3) is 0.125. The van der Waals surface area contributed by atoms with Crippen molar-refractivity contribution in [3.8, 4) is 5.75 Å². The van der Waals surface area contributed by atoms with Crippen molar-refractivity contribution in [1.29, 1.82) is 0 Å². The monoisotopic (exact) mass is 347 g/mol. The maximum Gasteiger partial charge on any atom is 0.365 e. The fourth-order valence-electron chi connectivity index (χ4n) is 1.68. The summed E-state index contributed by atoms with van der Waals surface area (Å²) in [4.78, 5) is 16.7. The van der Waals surface area contributed by atoms with E-state index in [2.05, 4.69) is 21.1 Å². The van der Waals surface area contributed by atoms with Crippen LogP contribution in [0.2, 0.25) is 0 Å². The molecule has 5 heteroatoms. The first-order valence-corrected chi connectivity index (χ1v) is 7.04. The second kappa shape index (κ2) is 7.04. The molecule has 0 fully saturated rings. The van der Waals surface area contributed by atoms with E-state index in [1.54, 1.807) is 25.3 Å². The Bertz CT molecular complexity index is 666. The molecule has 0 bridgehead atoms. The van der Waals surface area contributed by atoms with Crippen LogP contribution in [0.5, 0.6) is 5.75 Å². The lowest BCUT2D eigenvalue weighted by atomic mass is 10.2. The van der Waals surface area contributed by atoms with Crippen LogP contribution < -0.4 is 4.74 Å². The molecule has 2 aromatic carbocycles. The number of benzene rings is 2. The summed E-state index contributed by atoms with van der Waals surface area (Å²) in [6.45, 7) is 1.95. The van der Waals surface area contributed by atoms with Gasteiger partial charge in [0.1, 0.15) is 5.75 Å². The maximum atomic E-state index is 11.8. The van der Waals surface area contributed by atoms with Crippen LogP contribution >= 0.6 is 15.9 Å². The van der Waals surface area contributed by atoms with Gasteiger partial charge in [-0.15, -0.1) is 0 Å². The van der Waals surface area contributed by atoms with Gasteiger partial charge in [-0.05, 0) is 37.3 Å². The van der Waals surface area contributed by atoms with E-state index in [0.29, 0.717) is 16.9 Å². The van der Waals surface area contributed by atoms with E-state index in [0.717, 1.165) is 10.0 Å². The number of carbonyl (C=O) groups is 1. The van der Waals surface area contributed by atoms with Crippen LogP contribution in [0.3, 0.4) is 0 Å². The quantitative estimate of drug-likeness (QED) is 0.477. The van der Waals surface area contributed by atoms with Crippen LogP contribution in [-0.4, -0.2) is 19.3 Å². The highest BCUT2D eigenvalue weighted by Crippen LogP contribution is 2.21. The lowest BCUT2D eigenvalue weighted by Gasteiger charge is -2.04. The second-order valence-corrected chi connectivity index (χ2v) is 5.28. The van der Waals surface area contributed by atoms with Gasteiger partial charge >= 0.3 is 5.97 Å². The zero-order valence-corrected chi connectivity index (χ0v) is 13.3. The number of halogens is 1. The standard InChI is InChI=1S/C16H14BrNO3/c1-11-3-5-12(6-4-11)16(19)21-18-10-13-9-14(17)7-8-15(13)20-2/h3-10H,1-2H3/b18-10+. The van der Waals surface area contributed by atoms with Gasteiger partial charge in [-0.3, -0.25) is 0 Å². The van der Waals surface area contributed by atoms with Crippen molar-refractivity contribution in [2.45, 2.75) is 6.92 Å². The summed E-state index contributed by atoms with van der Waals surface area (Å²) in [5.74, 6) is 0.147. The van der Waals surface area contributed by atoms with Crippen LogP contribution in [0, 0.1) is 6.92 Å². The Morgan fingerprint density at radius 3 is 2.57 bits per heavy atom. The summed E-state index contributed by atoms with van der Waals surface area (Å²) < 4.78 is 6.09. The number of oxime groups is 1. The lowest BCUT2D eigenvalue weighted by Crippen LogP contribution is -2.01. The Hall–Kier alpha value is -2.14. The second-order valence-electron chi connectivity index (χ2n) is 4.37. The number of hydrogen-bond acceptors (Lipinski definition) is 4. The minimum Gasteiger partial charge on any atom is -0.496 e. The minimum absolute atomic E-state index is 0.457. The van der Waals surface area contributed by atoms with Crippen molar-refractivity contribution < 1.29 is 14.4 Å². The molecule has 0 radical (unpaired) electrons. The average molecular weight is 348 g/mol. The molecule has 21 heavy (non-hydrogen) atoms. The van der Waals surface area contributed by atoms with Gasteiger partial charge in [-0.1, -0.05) is 38.8 Å². The van der Waals surface area contributed by atoms with Gasteiger partial charge in [0.05, 0.1) is 18.9 Å². The van der Waals surface area contributed by atoms with Crippen LogP contribution in [-0.2, 0) is 4.84 Å². The molecule has 4 nitrogen and oxygen atoms in total. The van der Waals surface area contributed by atoms with Gasteiger partial charge in [-0.2, -0.15) is 0 Å². The smallest absolute Gasteiger partial charge is 0.365 e. The maximum absolute atomic E-state index is 11.8. The predicted octanol–water partition coefficient (Wildman–Crippen LogP) is 3.96. The van der Waals surface area contributed by atoms with Crippen molar-refractivity contribution in [2.24, 2.45) is 5.16 Å². The zero-order valence-electron chi connectivity index (χ0n) is 11.7. The van der Waals surface area contributed by atoms with Gasteiger partial charge in [-0.25, -0.2) is 4.79 Å². The highest BCUT2D eigenvalue weighted by molar-refractivity contribution is 9.10. The van der Waals surface area contributed by atoms with E-state index in [4.69, 9.17) is 9.57 Å². The van der Waals surface area contributed by atoms with Crippen LogP contribution in [0.25, 0.3) is 0 Å². The van der Waals surface area contributed by atoms with Crippen LogP contribution in [0.1, 0.15) is 21.5 Å². The van der Waals surface area contributed by atoms with E-state index in [-0.39, 0.29) is 0 Å². The molecule has 0 aliphatic heterocycles. The molecule has 2 rings (SSSR count). The zero-order chi connectivity index (χ0) is 15.2. The number of hydrogen-bond donors (Lipinski definition) is 0. The number of aryl methyl sites for hydroxylation is 1. The fourth-order valence-corrected chi connectivity index (χ4v) is 2.06. The van der Waals surface area contributed by atoms with Crippen molar-refractivity contribution >= 4 is 28.1 Å². The van der Waals surface area contributed by atoms with Crippen molar-refractivity contribution in [2.75, 3.05) is 7.11 Å². The van der Waals surface area contributed by atoms with E-state index >= 15 is 0 Å². The molecule has 0 aromatic heterocycles. The predicted molar refractivity (Wildman–Crippen MR) is 84.9 cm³/mol. The van der Waals surface area contributed by atoms with Gasteiger partial charge in [0.15, 0.2) is 0 Å². The Morgan fingerprint density at radius 2 is 1.90 bits per heavy atom. The van der Waals surface area contributed by atoms with Gasteiger partial charge < -0.3 is 9.57 Å². The molecule has 2 aromatic rings. The Balaban J connectivity index is 2.07. The first-order valence-electron chi connectivity index (χ1n) is 6.25. The third-order valence-electron chi connectivity index (χ3n) is 2.81. The first kappa shape index (κ1) is 15.3. The molecule has 0 spiro atoms. The summed E-state index contributed by atoms with van der Waals surface area (Å²) in [6, 6.07) is 12.6. The molecule has 0 N–H and O–H groups in total. The molecule has 108 valence electrons. The number of carbonyl (C=O) groups excluding carboxylic acids is 1. The van der Waals surface area contributed by atoms with Crippen molar-refractivity contribution in [3.63, 3.8) is 0 Å². The van der Waals surface area contributed by atoms with Gasteiger partial charge in [0.2, 0.25) is 0 Å². The summed E-state index contributed by atoms with van der Waals surface area (Å²) in [7, 11) is 1.57. The van der Waals surface area contributed by atoms with Crippen LogP contribution in [0.4, 0.5) is 0 Å². The largest absolute Gasteiger partial charge is 0.496 e. The molecular weight excluding hydrogens is 334 g/mol. The number of rotatable bonds is 4. The Kier molecular flexibility index (Phi) is 5.11. The lowest BCUT2D eigenvalue weighted by molar-refractivity contribution is 0.0519. The number of ether oxygens (including phenoxy) is 1. The summed E-state index contributed by atoms with van der Waals surface area (Å²) in [5, 5.41) is 3.71. The van der Waals surface area contributed by atoms with Crippen molar-refractivity contribution in [1.82, 2.24) is 0 Å². The first-order chi connectivity index (χ1) is 10.1. The molecule has 0 aliphatic carbocycles. The SMILES string of the molecule is COc1ccc(Br)cc1/C=N/OC(=O)c1ccc(C)cc1. The molecule has 0 unspecified atom stereocenters. The third kappa shape index (κ3) is 4.16. The van der Waals surface area contributed by atoms with E-state index < -0.39 is 5.97 Å². The minimum atomic E-state index is -0.500. The van der Waals surface area contributed by atoms with E-state index in [9.17, 15) is 4.79 Å². The van der Waals surface area contributed by atoms with Gasteiger partial charge in [0.25, 0.3) is 0 Å².